The summed E-state index contributed by atoms with van der Waals surface area (Å²) in [6, 6.07) is 4.62. The summed E-state index contributed by atoms with van der Waals surface area (Å²) in [5.74, 6) is 0. The zero-order valence-corrected chi connectivity index (χ0v) is 12.4. The second-order valence-corrected chi connectivity index (χ2v) is 6.54. The van der Waals surface area contributed by atoms with Gasteiger partial charge in [-0.05, 0) is 49.8 Å². The van der Waals surface area contributed by atoms with Crippen molar-refractivity contribution in [2.24, 2.45) is 5.41 Å². The van der Waals surface area contributed by atoms with Crippen molar-refractivity contribution < 1.29 is 4.74 Å². The van der Waals surface area contributed by atoms with E-state index in [1.165, 1.54) is 24.1 Å². The lowest BCUT2D eigenvalue weighted by Crippen LogP contribution is -2.40. The van der Waals surface area contributed by atoms with E-state index in [2.05, 4.69) is 31.3 Å². The number of ether oxygens (including phenoxy) is 1. The third kappa shape index (κ3) is 3.56. The fourth-order valence-corrected chi connectivity index (χ4v) is 3.82. The summed E-state index contributed by atoms with van der Waals surface area (Å²) < 4.78 is 5.54. The van der Waals surface area contributed by atoms with E-state index in [1.54, 1.807) is 4.88 Å². The van der Waals surface area contributed by atoms with Crippen LogP contribution in [0.25, 0.3) is 0 Å². The monoisotopic (exact) mass is 267 g/mol. The summed E-state index contributed by atoms with van der Waals surface area (Å²) in [5, 5.41) is 3.55. The summed E-state index contributed by atoms with van der Waals surface area (Å²) in [6.45, 7) is 8.47. The average Bonchev–Trinajstić information content (AvgIpc) is 2.85. The van der Waals surface area contributed by atoms with Crippen LogP contribution in [0.1, 0.15) is 36.4 Å². The Hall–Kier alpha value is -0.380. The van der Waals surface area contributed by atoms with Crippen LogP contribution in [0.3, 0.4) is 0 Å². The van der Waals surface area contributed by atoms with Crippen LogP contribution in [0.15, 0.2) is 12.1 Å². The van der Waals surface area contributed by atoms with Crippen LogP contribution < -0.4 is 5.32 Å². The number of rotatable bonds is 6. The Morgan fingerprint density at radius 3 is 2.56 bits per heavy atom. The predicted octanol–water partition coefficient (Wildman–Crippen LogP) is 3.26. The average molecular weight is 267 g/mol. The molecule has 1 aromatic heterocycles. The van der Waals surface area contributed by atoms with Gasteiger partial charge >= 0.3 is 0 Å². The molecule has 0 bridgehead atoms. The Morgan fingerprint density at radius 1 is 1.22 bits per heavy atom. The highest BCUT2D eigenvalue weighted by molar-refractivity contribution is 7.11. The van der Waals surface area contributed by atoms with Crippen LogP contribution >= 0.6 is 11.3 Å². The molecule has 3 heteroatoms. The molecule has 0 radical (unpaired) electrons. The number of hydrogen-bond donors (Lipinski definition) is 1. The molecule has 0 aromatic carbocycles. The Morgan fingerprint density at radius 2 is 1.94 bits per heavy atom. The first-order chi connectivity index (χ1) is 8.78. The van der Waals surface area contributed by atoms with Gasteiger partial charge in [-0.1, -0.05) is 13.8 Å². The highest BCUT2D eigenvalue weighted by atomic mass is 32.1. The first kappa shape index (κ1) is 14.0. The van der Waals surface area contributed by atoms with E-state index in [0.717, 1.165) is 32.7 Å². The van der Waals surface area contributed by atoms with Gasteiger partial charge in [-0.15, -0.1) is 11.3 Å². The quantitative estimate of drug-likeness (QED) is 0.854. The maximum atomic E-state index is 5.54. The summed E-state index contributed by atoms with van der Waals surface area (Å²) in [6.07, 6.45) is 4.76. The minimum Gasteiger partial charge on any atom is -0.381 e. The van der Waals surface area contributed by atoms with Gasteiger partial charge in [-0.3, -0.25) is 0 Å². The smallest absolute Gasteiger partial charge is 0.0471 e. The van der Waals surface area contributed by atoms with Crippen molar-refractivity contribution in [3.8, 4) is 0 Å². The molecule has 1 N–H and O–H groups in total. The van der Waals surface area contributed by atoms with E-state index >= 15 is 0 Å². The molecule has 0 spiro atoms. The molecule has 1 aliphatic rings. The molecule has 0 amide bonds. The van der Waals surface area contributed by atoms with Gasteiger partial charge in [0.15, 0.2) is 0 Å². The minimum atomic E-state index is 0.421. The molecule has 1 aliphatic heterocycles. The fourth-order valence-electron chi connectivity index (χ4n) is 2.69. The van der Waals surface area contributed by atoms with Crippen LogP contribution in [0.2, 0.25) is 0 Å². The Labute approximate surface area is 115 Å². The van der Waals surface area contributed by atoms with Crippen molar-refractivity contribution in [2.45, 2.75) is 39.5 Å². The molecule has 1 saturated heterocycles. The van der Waals surface area contributed by atoms with Gasteiger partial charge in [0.25, 0.3) is 0 Å². The number of nitrogens with one attached hydrogen (secondary N) is 1. The lowest BCUT2D eigenvalue weighted by molar-refractivity contribution is 0.0155. The molecule has 1 aromatic rings. The van der Waals surface area contributed by atoms with Crippen molar-refractivity contribution in [1.29, 1.82) is 0 Å². The predicted molar refractivity (Wildman–Crippen MR) is 78.4 cm³/mol. The van der Waals surface area contributed by atoms with E-state index in [9.17, 15) is 0 Å². The molecular weight excluding hydrogens is 242 g/mol. The van der Waals surface area contributed by atoms with E-state index in [1.807, 2.05) is 11.3 Å². The molecule has 2 heterocycles. The molecule has 0 saturated carbocycles. The first-order valence-electron chi connectivity index (χ1n) is 7.14. The first-order valence-corrected chi connectivity index (χ1v) is 7.96. The second kappa shape index (κ2) is 6.69. The molecule has 2 rings (SSSR count). The van der Waals surface area contributed by atoms with Crippen LogP contribution in [-0.4, -0.2) is 26.3 Å². The number of hydrogen-bond acceptors (Lipinski definition) is 3. The van der Waals surface area contributed by atoms with Crippen molar-refractivity contribution in [3.05, 3.63) is 21.9 Å². The number of aryl methyl sites for hydroxylation is 1. The van der Waals surface area contributed by atoms with Crippen molar-refractivity contribution in [2.75, 3.05) is 26.3 Å². The molecular formula is C15H25NOS. The molecule has 0 aliphatic carbocycles. The third-order valence-corrected chi connectivity index (χ3v) is 5.15. The Kier molecular flexibility index (Phi) is 5.22. The van der Waals surface area contributed by atoms with Gasteiger partial charge < -0.3 is 10.1 Å². The SMILES string of the molecule is CCNCC1(Cc2ccc(CC)s2)CCOCC1. The maximum absolute atomic E-state index is 5.54. The number of thiophene rings is 1. The Bertz CT molecular complexity index is 355. The molecule has 18 heavy (non-hydrogen) atoms. The molecule has 0 unspecified atom stereocenters. The molecule has 2 nitrogen and oxygen atoms in total. The van der Waals surface area contributed by atoms with E-state index in [4.69, 9.17) is 4.74 Å². The van der Waals surface area contributed by atoms with Gasteiger partial charge in [0.05, 0.1) is 0 Å². The summed E-state index contributed by atoms with van der Waals surface area (Å²) >= 11 is 1.99. The van der Waals surface area contributed by atoms with Crippen LogP contribution in [0, 0.1) is 5.41 Å². The normalized spacial score (nSPS) is 19.0. The fraction of sp³-hybridized carbons (Fsp3) is 0.733. The summed E-state index contributed by atoms with van der Waals surface area (Å²) in [4.78, 5) is 3.06. The minimum absolute atomic E-state index is 0.421. The van der Waals surface area contributed by atoms with Gasteiger partial charge in [0.1, 0.15) is 0 Å². The highest BCUT2D eigenvalue weighted by Crippen LogP contribution is 2.35. The summed E-state index contributed by atoms with van der Waals surface area (Å²) in [5.41, 5.74) is 0.421. The van der Waals surface area contributed by atoms with Gasteiger partial charge in [0, 0.05) is 29.5 Å². The Balaban J connectivity index is 2.03. The van der Waals surface area contributed by atoms with E-state index < -0.39 is 0 Å². The van der Waals surface area contributed by atoms with Gasteiger partial charge in [-0.25, -0.2) is 0 Å². The van der Waals surface area contributed by atoms with Crippen LogP contribution in [0.5, 0.6) is 0 Å². The van der Waals surface area contributed by atoms with Crippen molar-refractivity contribution in [3.63, 3.8) is 0 Å². The van der Waals surface area contributed by atoms with Crippen molar-refractivity contribution >= 4 is 11.3 Å². The standard InChI is InChI=1S/C15H25NOS/c1-3-13-5-6-14(18-13)11-15(12-16-4-2)7-9-17-10-8-15/h5-6,16H,3-4,7-12H2,1-2H3. The maximum Gasteiger partial charge on any atom is 0.0471 e. The molecule has 1 fully saturated rings. The second-order valence-electron chi connectivity index (χ2n) is 5.29. The molecule has 102 valence electrons. The largest absolute Gasteiger partial charge is 0.381 e. The topological polar surface area (TPSA) is 21.3 Å². The van der Waals surface area contributed by atoms with Crippen LogP contribution in [0.4, 0.5) is 0 Å². The van der Waals surface area contributed by atoms with Gasteiger partial charge in [0.2, 0.25) is 0 Å². The zero-order chi connectivity index (χ0) is 12.8. The zero-order valence-electron chi connectivity index (χ0n) is 11.6. The summed E-state index contributed by atoms with van der Waals surface area (Å²) in [7, 11) is 0. The van der Waals surface area contributed by atoms with Crippen LogP contribution in [-0.2, 0) is 17.6 Å². The van der Waals surface area contributed by atoms with Crippen molar-refractivity contribution in [1.82, 2.24) is 5.32 Å². The lowest BCUT2D eigenvalue weighted by Gasteiger charge is -2.37. The van der Waals surface area contributed by atoms with E-state index in [-0.39, 0.29) is 0 Å². The highest BCUT2D eigenvalue weighted by Gasteiger charge is 2.32. The molecule has 0 atom stereocenters. The lowest BCUT2D eigenvalue weighted by atomic mass is 9.77. The van der Waals surface area contributed by atoms with E-state index in [0.29, 0.717) is 5.41 Å². The van der Waals surface area contributed by atoms with Gasteiger partial charge in [-0.2, -0.15) is 0 Å². The third-order valence-electron chi connectivity index (χ3n) is 3.92.